The number of nitrogen functional groups attached to an aromatic ring is 1. The topological polar surface area (TPSA) is 106 Å². The smallest absolute Gasteiger partial charge is 0.409 e. The van der Waals surface area contributed by atoms with E-state index in [4.69, 9.17) is 31.5 Å². The highest BCUT2D eigenvalue weighted by molar-refractivity contribution is 6.33. The molecule has 2 heterocycles. The predicted molar refractivity (Wildman–Crippen MR) is 132 cm³/mol. The second kappa shape index (κ2) is 12.5. The Morgan fingerprint density at radius 1 is 1.21 bits per heavy atom. The van der Waals surface area contributed by atoms with Gasteiger partial charge in [0, 0.05) is 45.4 Å². The van der Waals surface area contributed by atoms with E-state index in [9.17, 15) is 9.59 Å². The molecule has 34 heavy (non-hydrogen) atoms. The number of halogens is 1. The first-order valence-electron chi connectivity index (χ1n) is 12.0. The third-order valence-electron chi connectivity index (χ3n) is 6.73. The number of nitrogens with two attached hydrogens (primary N) is 1. The highest BCUT2D eigenvalue weighted by Gasteiger charge is 2.33. The van der Waals surface area contributed by atoms with Gasteiger partial charge in [-0.2, -0.15) is 0 Å². The fourth-order valence-electron chi connectivity index (χ4n) is 4.83. The van der Waals surface area contributed by atoms with Crippen LogP contribution in [-0.4, -0.2) is 87.0 Å². The van der Waals surface area contributed by atoms with Crippen molar-refractivity contribution in [2.24, 2.45) is 0 Å². The SMILES string of the molecule is CCOC(=O)N1CCCCC1CCN1CCC(NC(=O)c2cc(Cl)c(N)cc2OC)C(OC)C1. The number of rotatable bonds is 8. The van der Waals surface area contributed by atoms with Crippen LogP contribution in [-0.2, 0) is 9.47 Å². The number of ether oxygens (including phenoxy) is 3. The number of benzene rings is 1. The lowest BCUT2D eigenvalue weighted by Crippen LogP contribution is -2.55. The maximum absolute atomic E-state index is 13.0. The van der Waals surface area contributed by atoms with Crippen LogP contribution >= 0.6 is 11.6 Å². The number of carbonyl (C=O) groups is 2. The molecular formula is C24H37ClN4O5. The van der Waals surface area contributed by atoms with Gasteiger partial charge in [-0.3, -0.25) is 4.79 Å². The lowest BCUT2D eigenvalue weighted by atomic mass is 9.97. The summed E-state index contributed by atoms with van der Waals surface area (Å²) in [4.78, 5) is 29.5. The molecule has 190 valence electrons. The second-order valence-corrected chi connectivity index (χ2v) is 9.26. The van der Waals surface area contributed by atoms with Crippen LogP contribution in [0.3, 0.4) is 0 Å². The minimum atomic E-state index is -0.272. The first-order valence-corrected chi connectivity index (χ1v) is 12.4. The summed E-state index contributed by atoms with van der Waals surface area (Å²) >= 11 is 6.13. The summed E-state index contributed by atoms with van der Waals surface area (Å²) in [5.41, 5.74) is 6.53. The molecule has 1 aromatic rings. The number of likely N-dealkylation sites (tertiary alicyclic amines) is 2. The summed E-state index contributed by atoms with van der Waals surface area (Å²) in [6, 6.07) is 3.15. The standard InChI is InChI=1S/C24H37ClN4O5/c1-4-34-24(31)29-10-6-5-7-16(29)8-11-28-12-9-20(22(15-28)33-3)27-23(30)17-13-18(25)19(26)14-21(17)32-2/h13-14,16,20,22H,4-12,15,26H2,1-3H3,(H,27,30). The predicted octanol–water partition coefficient (Wildman–Crippen LogP) is 3.15. The second-order valence-electron chi connectivity index (χ2n) is 8.85. The van der Waals surface area contributed by atoms with Crippen molar-refractivity contribution in [3.63, 3.8) is 0 Å². The van der Waals surface area contributed by atoms with E-state index in [2.05, 4.69) is 10.2 Å². The van der Waals surface area contributed by atoms with E-state index in [1.54, 1.807) is 13.2 Å². The van der Waals surface area contributed by atoms with Gasteiger partial charge in [0.25, 0.3) is 5.91 Å². The average Bonchev–Trinajstić information content (AvgIpc) is 2.84. The third-order valence-corrected chi connectivity index (χ3v) is 7.06. The van der Waals surface area contributed by atoms with Crippen LogP contribution in [0.5, 0.6) is 5.75 Å². The van der Waals surface area contributed by atoms with Crippen molar-refractivity contribution in [3.8, 4) is 5.75 Å². The van der Waals surface area contributed by atoms with Crippen molar-refractivity contribution in [1.29, 1.82) is 0 Å². The van der Waals surface area contributed by atoms with E-state index in [0.29, 0.717) is 35.2 Å². The molecule has 2 aliphatic rings. The molecule has 2 aliphatic heterocycles. The number of anilines is 1. The Labute approximate surface area is 206 Å². The fraction of sp³-hybridized carbons (Fsp3) is 0.667. The minimum absolute atomic E-state index is 0.138. The molecule has 3 N–H and O–H groups in total. The molecule has 2 fully saturated rings. The van der Waals surface area contributed by atoms with Gasteiger partial charge in [-0.05, 0) is 45.1 Å². The van der Waals surface area contributed by atoms with Gasteiger partial charge in [0.1, 0.15) is 5.75 Å². The fourth-order valence-corrected chi connectivity index (χ4v) is 4.99. The Balaban J connectivity index is 1.56. The number of methoxy groups -OCH3 is 2. The first kappa shape index (κ1) is 26.4. The highest BCUT2D eigenvalue weighted by Crippen LogP contribution is 2.29. The van der Waals surface area contributed by atoms with Gasteiger partial charge in [-0.25, -0.2) is 4.79 Å². The Morgan fingerprint density at radius 3 is 2.71 bits per heavy atom. The van der Waals surface area contributed by atoms with Crippen LogP contribution in [0.4, 0.5) is 10.5 Å². The van der Waals surface area contributed by atoms with E-state index >= 15 is 0 Å². The monoisotopic (exact) mass is 496 g/mol. The van der Waals surface area contributed by atoms with E-state index in [-0.39, 0.29) is 30.2 Å². The lowest BCUT2D eigenvalue weighted by molar-refractivity contribution is 0.00273. The Kier molecular flexibility index (Phi) is 9.67. The molecule has 3 unspecified atom stereocenters. The number of nitrogens with zero attached hydrogens (tertiary/aromatic N) is 2. The normalized spacial score (nSPS) is 23.4. The largest absolute Gasteiger partial charge is 0.496 e. The molecule has 0 aliphatic carbocycles. The van der Waals surface area contributed by atoms with Crippen LogP contribution < -0.4 is 15.8 Å². The molecule has 1 aromatic carbocycles. The van der Waals surface area contributed by atoms with E-state index < -0.39 is 0 Å². The van der Waals surface area contributed by atoms with Gasteiger partial charge in [0.05, 0.1) is 42.1 Å². The van der Waals surface area contributed by atoms with Gasteiger partial charge in [-0.15, -0.1) is 0 Å². The molecule has 2 saturated heterocycles. The molecule has 3 atom stereocenters. The van der Waals surface area contributed by atoms with Crippen LogP contribution in [0.15, 0.2) is 12.1 Å². The third kappa shape index (κ3) is 6.46. The quantitative estimate of drug-likeness (QED) is 0.532. The van der Waals surface area contributed by atoms with Crippen LogP contribution in [0.25, 0.3) is 0 Å². The van der Waals surface area contributed by atoms with Crippen molar-refractivity contribution in [3.05, 3.63) is 22.7 Å². The summed E-state index contributed by atoms with van der Waals surface area (Å²) in [5.74, 6) is 0.107. The molecule has 10 heteroatoms. The van der Waals surface area contributed by atoms with Crippen molar-refractivity contribution >= 4 is 29.3 Å². The maximum atomic E-state index is 13.0. The van der Waals surface area contributed by atoms with Crippen molar-refractivity contribution in [2.75, 3.05) is 52.7 Å². The van der Waals surface area contributed by atoms with Crippen LogP contribution in [0.2, 0.25) is 5.02 Å². The van der Waals surface area contributed by atoms with Crippen molar-refractivity contribution < 1.29 is 23.8 Å². The van der Waals surface area contributed by atoms with Gasteiger partial charge >= 0.3 is 6.09 Å². The number of amides is 2. The van der Waals surface area contributed by atoms with Gasteiger partial charge in [0.2, 0.25) is 0 Å². The Bertz CT molecular complexity index is 855. The molecule has 0 bridgehead atoms. The zero-order valence-corrected chi connectivity index (χ0v) is 21.1. The summed E-state index contributed by atoms with van der Waals surface area (Å²) in [6.45, 7) is 5.39. The van der Waals surface area contributed by atoms with Crippen molar-refractivity contribution in [1.82, 2.24) is 15.1 Å². The zero-order valence-electron chi connectivity index (χ0n) is 20.3. The summed E-state index contributed by atoms with van der Waals surface area (Å²) in [5, 5.41) is 3.39. The lowest BCUT2D eigenvalue weighted by Gasteiger charge is -2.40. The Hall–Kier alpha value is -2.23. The molecule has 0 spiro atoms. The molecule has 3 rings (SSSR count). The van der Waals surface area contributed by atoms with Crippen LogP contribution in [0, 0.1) is 0 Å². The number of piperidine rings is 2. The number of carbonyl (C=O) groups excluding carboxylic acids is 2. The molecule has 2 amide bonds. The summed E-state index contributed by atoms with van der Waals surface area (Å²) in [6.07, 6.45) is 4.45. The van der Waals surface area contributed by atoms with Crippen LogP contribution in [0.1, 0.15) is 49.4 Å². The van der Waals surface area contributed by atoms with E-state index in [0.717, 1.165) is 51.7 Å². The summed E-state index contributed by atoms with van der Waals surface area (Å²) < 4.78 is 16.3. The Morgan fingerprint density at radius 2 is 2.00 bits per heavy atom. The van der Waals surface area contributed by atoms with E-state index in [1.807, 2.05) is 11.8 Å². The molecular weight excluding hydrogens is 460 g/mol. The summed E-state index contributed by atoms with van der Waals surface area (Å²) in [7, 11) is 3.16. The molecule has 0 radical (unpaired) electrons. The van der Waals surface area contributed by atoms with Crippen molar-refractivity contribution in [2.45, 2.75) is 57.2 Å². The van der Waals surface area contributed by atoms with Gasteiger partial charge in [-0.1, -0.05) is 11.6 Å². The van der Waals surface area contributed by atoms with E-state index in [1.165, 1.54) is 13.2 Å². The van der Waals surface area contributed by atoms with Gasteiger partial charge in [0.15, 0.2) is 0 Å². The zero-order chi connectivity index (χ0) is 24.7. The van der Waals surface area contributed by atoms with Gasteiger partial charge < -0.3 is 35.1 Å². The highest BCUT2D eigenvalue weighted by atomic mass is 35.5. The molecule has 0 saturated carbocycles. The molecule has 0 aromatic heterocycles. The number of hydrogen-bond acceptors (Lipinski definition) is 7. The first-order chi connectivity index (χ1) is 16.4. The average molecular weight is 497 g/mol. The maximum Gasteiger partial charge on any atom is 0.409 e. The number of hydrogen-bond donors (Lipinski definition) is 2. The molecule has 9 nitrogen and oxygen atoms in total. The minimum Gasteiger partial charge on any atom is -0.496 e. The number of nitrogens with one attached hydrogen (secondary N) is 1.